The normalized spacial score (nSPS) is 11.4. The Hall–Kier alpha value is -2.08. The molecule has 0 aliphatic heterocycles. The van der Waals surface area contributed by atoms with Crippen LogP contribution in [-0.4, -0.2) is 15.0 Å². The van der Waals surface area contributed by atoms with Gasteiger partial charge in [-0.25, -0.2) is 12.8 Å². The number of sulfonamides is 1. The lowest BCUT2D eigenvalue weighted by Gasteiger charge is -2.23. The van der Waals surface area contributed by atoms with Gasteiger partial charge in [-0.15, -0.1) is 0 Å². The van der Waals surface area contributed by atoms with E-state index >= 15 is 0 Å². The van der Waals surface area contributed by atoms with Crippen molar-refractivity contribution >= 4 is 21.4 Å². The summed E-state index contributed by atoms with van der Waals surface area (Å²) in [5, 5.41) is 0. The van der Waals surface area contributed by atoms with Gasteiger partial charge >= 0.3 is 0 Å². The molecule has 0 fully saturated rings. The zero-order chi connectivity index (χ0) is 15.6. The van der Waals surface area contributed by atoms with Crippen molar-refractivity contribution in [2.75, 3.05) is 16.6 Å². The molecule has 2 rings (SSSR count). The molecule has 0 radical (unpaired) electrons. The number of rotatable bonds is 4. The summed E-state index contributed by atoms with van der Waals surface area (Å²) < 4.78 is 39.8. The molecule has 0 aromatic heterocycles. The van der Waals surface area contributed by atoms with Crippen LogP contribution in [0.2, 0.25) is 0 Å². The Morgan fingerprint density at radius 2 is 1.76 bits per heavy atom. The van der Waals surface area contributed by atoms with Crippen LogP contribution >= 0.6 is 0 Å². The molecular formula is C15H17FN2O2S. The van der Waals surface area contributed by atoms with Gasteiger partial charge in [0.1, 0.15) is 5.82 Å². The molecule has 0 saturated carbocycles. The number of nitrogen functional groups attached to an aromatic ring is 1. The molecule has 4 nitrogen and oxygen atoms in total. The van der Waals surface area contributed by atoms with E-state index in [1.54, 1.807) is 19.1 Å². The topological polar surface area (TPSA) is 63.4 Å². The maximum absolute atomic E-state index is 13.2. The van der Waals surface area contributed by atoms with Gasteiger partial charge in [-0.3, -0.25) is 4.31 Å². The highest BCUT2D eigenvalue weighted by molar-refractivity contribution is 7.92. The van der Waals surface area contributed by atoms with Crippen LogP contribution in [0.3, 0.4) is 0 Å². The quantitative estimate of drug-likeness (QED) is 0.883. The van der Waals surface area contributed by atoms with Crippen molar-refractivity contribution in [2.24, 2.45) is 0 Å². The maximum atomic E-state index is 13.2. The van der Waals surface area contributed by atoms with Crippen molar-refractivity contribution in [2.45, 2.75) is 18.7 Å². The summed E-state index contributed by atoms with van der Waals surface area (Å²) in [5.74, 6) is -0.632. The van der Waals surface area contributed by atoms with Gasteiger partial charge in [0.25, 0.3) is 10.0 Å². The number of benzene rings is 2. The second kappa shape index (κ2) is 5.73. The molecule has 2 aromatic rings. The van der Waals surface area contributed by atoms with E-state index in [9.17, 15) is 12.8 Å². The first kappa shape index (κ1) is 15.3. The predicted molar refractivity (Wildman–Crippen MR) is 82.2 cm³/mol. The fourth-order valence-corrected chi connectivity index (χ4v) is 3.52. The minimum Gasteiger partial charge on any atom is -0.396 e. The fourth-order valence-electron chi connectivity index (χ4n) is 2.01. The summed E-state index contributed by atoms with van der Waals surface area (Å²) in [6.07, 6.45) is 0. The zero-order valence-electron chi connectivity index (χ0n) is 11.9. The molecule has 0 heterocycles. The number of aryl methyl sites for hydroxylation is 1. The van der Waals surface area contributed by atoms with E-state index in [0.29, 0.717) is 5.69 Å². The summed E-state index contributed by atoms with van der Waals surface area (Å²) in [4.78, 5) is -0.0242. The number of anilines is 2. The van der Waals surface area contributed by atoms with E-state index in [1.165, 1.54) is 10.4 Å². The van der Waals surface area contributed by atoms with Gasteiger partial charge in [0, 0.05) is 6.54 Å². The molecule has 0 saturated heterocycles. The van der Waals surface area contributed by atoms with Crippen LogP contribution in [0.4, 0.5) is 15.8 Å². The lowest BCUT2D eigenvalue weighted by molar-refractivity contribution is 0.591. The average Bonchev–Trinajstić information content (AvgIpc) is 2.44. The molecule has 0 amide bonds. The average molecular weight is 308 g/mol. The smallest absolute Gasteiger partial charge is 0.264 e. The maximum Gasteiger partial charge on any atom is 0.264 e. The van der Waals surface area contributed by atoms with E-state index in [1.807, 2.05) is 19.1 Å². The van der Waals surface area contributed by atoms with Crippen molar-refractivity contribution in [3.8, 4) is 0 Å². The van der Waals surface area contributed by atoms with Crippen molar-refractivity contribution in [3.05, 3.63) is 53.8 Å². The van der Waals surface area contributed by atoms with Crippen LogP contribution in [0, 0.1) is 12.7 Å². The Labute approximate surface area is 124 Å². The highest BCUT2D eigenvalue weighted by atomic mass is 32.2. The first-order chi connectivity index (χ1) is 9.86. The Balaban J connectivity index is 2.49. The van der Waals surface area contributed by atoms with Gasteiger partial charge < -0.3 is 5.73 Å². The van der Waals surface area contributed by atoms with Gasteiger partial charge in [-0.2, -0.15) is 0 Å². The first-order valence-corrected chi connectivity index (χ1v) is 7.94. The van der Waals surface area contributed by atoms with Crippen LogP contribution in [-0.2, 0) is 10.0 Å². The van der Waals surface area contributed by atoms with E-state index in [4.69, 9.17) is 5.73 Å². The van der Waals surface area contributed by atoms with Crippen molar-refractivity contribution in [1.82, 2.24) is 0 Å². The SMILES string of the molecule is CCN(c1ccc(C)cc1)S(=O)(=O)c1ccc(F)c(N)c1. The monoisotopic (exact) mass is 308 g/mol. The predicted octanol–water partition coefficient (Wildman–Crippen LogP) is 2.93. The molecule has 0 atom stereocenters. The number of nitrogens with two attached hydrogens (primary N) is 1. The summed E-state index contributed by atoms with van der Waals surface area (Å²) in [6.45, 7) is 3.93. The minimum absolute atomic E-state index is 0.0242. The Kier molecular flexibility index (Phi) is 4.18. The van der Waals surface area contributed by atoms with Crippen LogP contribution in [0.5, 0.6) is 0 Å². The van der Waals surface area contributed by atoms with Gasteiger partial charge in [-0.1, -0.05) is 17.7 Å². The molecular weight excluding hydrogens is 291 g/mol. The highest BCUT2D eigenvalue weighted by Gasteiger charge is 2.24. The van der Waals surface area contributed by atoms with Crippen molar-refractivity contribution in [3.63, 3.8) is 0 Å². The second-order valence-electron chi connectivity index (χ2n) is 4.69. The van der Waals surface area contributed by atoms with E-state index in [2.05, 4.69) is 0 Å². The molecule has 112 valence electrons. The zero-order valence-corrected chi connectivity index (χ0v) is 12.7. The van der Waals surface area contributed by atoms with Crippen molar-refractivity contribution in [1.29, 1.82) is 0 Å². The molecule has 2 aromatic carbocycles. The van der Waals surface area contributed by atoms with Gasteiger partial charge in [-0.05, 0) is 44.2 Å². The molecule has 0 bridgehead atoms. The standard InChI is InChI=1S/C15H17FN2O2S/c1-3-18(12-6-4-11(2)5-7-12)21(19,20)13-8-9-14(16)15(17)10-13/h4-10H,3,17H2,1-2H3. The molecule has 0 unspecified atom stereocenters. The number of halogens is 1. The lowest BCUT2D eigenvalue weighted by Crippen LogP contribution is -2.30. The summed E-state index contributed by atoms with van der Waals surface area (Å²) >= 11 is 0. The summed E-state index contributed by atoms with van der Waals surface area (Å²) in [7, 11) is -3.77. The van der Waals surface area contributed by atoms with E-state index in [0.717, 1.165) is 17.7 Å². The van der Waals surface area contributed by atoms with Gasteiger partial charge in [0.15, 0.2) is 0 Å². The van der Waals surface area contributed by atoms with Crippen molar-refractivity contribution < 1.29 is 12.8 Å². The Morgan fingerprint density at radius 3 is 2.29 bits per heavy atom. The molecule has 0 aliphatic rings. The van der Waals surface area contributed by atoms with E-state index < -0.39 is 15.8 Å². The van der Waals surface area contributed by atoms with Crippen LogP contribution < -0.4 is 10.0 Å². The molecule has 0 spiro atoms. The largest absolute Gasteiger partial charge is 0.396 e. The van der Waals surface area contributed by atoms with Crippen LogP contribution in [0.15, 0.2) is 47.4 Å². The lowest BCUT2D eigenvalue weighted by atomic mass is 10.2. The molecule has 21 heavy (non-hydrogen) atoms. The fraction of sp³-hybridized carbons (Fsp3) is 0.200. The summed E-state index contributed by atoms with van der Waals surface area (Å²) in [6, 6.07) is 10.6. The number of hydrogen-bond acceptors (Lipinski definition) is 3. The highest BCUT2D eigenvalue weighted by Crippen LogP contribution is 2.25. The third-order valence-electron chi connectivity index (χ3n) is 3.16. The Bertz CT molecular complexity index is 743. The number of nitrogens with zero attached hydrogens (tertiary/aromatic N) is 1. The molecule has 2 N–H and O–H groups in total. The van der Waals surface area contributed by atoms with E-state index in [-0.39, 0.29) is 17.1 Å². The number of hydrogen-bond donors (Lipinski definition) is 1. The van der Waals surface area contributed by atoms with Crippen LogP contribution in [0.25, 0.3) is 0 Å². The van der Waals surface area contributed by atoms with Gasteiger partial charge in [0.2, 0.25) is 0 Å². The first-order valence-electron chi connectivity index (χ1n) is 6.50. The minimum atomic E-state index is -3.77. The Morgan fingerprint density at radius 1 is 1.14 bits per heavy atom. The van der Waals surface area contributed by atoms with Crippen LogP contribution in [0.1, 0.15) is 12.5 Å². The third kappa shape index (κ3) is 3.00. The molecule has 6 heteroatoms. The molecule has 0 aliphatic carbocycles. The third-order valence-corrected chi connectivity index (χ3v) is 5.06. The van der Waals surface area contributed by atoms with Gasteiger partial charge in [0.05, 0.1) is 16.3 Å². The second-order valence-corrected chi connectivity index (χ2v) is 6.55. The summed E-state index contributed by atoms with van der Waals surface area (Å²) in [5.41, 5.74) is 6.88.